The van der Waals surface area contributed by atoms with Crippen LogP contribution in [0.15, 0.2) is 70.9 Å². The number of amides is 2. The number of thiophene rings is 1. The minimum absolute atomic E-state index is 0.109. The number of carbonyl (C=O) groups is 2. The molecule has 0 spiro atoms. The summed E-state index contributed by atoms with van der Waals surface area (Å²) in [6, 6.07) is 17.7. The van der Waals surface area contributed by atoms with Crippen molar-refractivity contribution in [1.29, 1.82) is 0 Å². The first-order valence-electron chi connectivity index (χ1n) is 9.64. The van der Waals surface area contributed by atoms with Crippen LogP contribution in [0.3, 0.4) is 0 Å². The number of nitrogens with one attached hydrogen (secondary N) is 1. The molecule has 1 aliphatic rings. The highest BCUT2D eigenvalue weighted by Crippen LogP contribution is 2.42. The minimum Gasteiger partial charge on any atom is -0.351 e. The number of para-hydroxylation sites is 1. The average Bonchev–Trinajstić information content (AvgIpc) is 3.28. The van der Waals surface area contributed by atoms with Gasteiger partial charge in [0.25, 0.3) is 0 Å². The molecule has 2 aromatic carbocycles. The van der Waals surface area contributed by atoms with E-state index in [0.29, 0.717) is 13.1 Å². The number of benzene rings is 2. The van der Waals surface area contributed by atoms with E-state index in [1.54, 1.807) is 35.3 Å². The summed E-state index contributed by atoms with van der Waals surface area (Å²) in [4.78, 5) is 29.9. The molecule has 3 aromatic rings. The van der Waals surface area contributed by atoms with Crippen molar-refractivity contribution in [3.63, 3.8) is 0 Å². The van der Waals surface area contributed by atoms with Gasteiger partial charge in [-0.2, -0.15) is 0 Å². The zero-order valence-electron chi connectivity index (χ0n) is 16.4. The van der Waals surface area contributed by atoms with Crippen LogP contribution >= 0.6 is 23.1 Å². The number of hydrogen-bond acceptors (Lipinski definition) is 4. The van der Waals surface area contributed by atoms with Crippen LogP contribution < -0.4 is 10.2 Å². The lowest BCUT2D eigenvalue weighted by molar-refractivity contribution is -0.128. The first kappa shape index (κ1) is 20.6. The normalized spacial score (nSPS) is 16.8. The summed E-state index contributed by atoms with van der Waals surface area (Å²) in [5.41, 5.74) is 1.65. The second-order valence-electron chi connectivity index (χ2n) is 7.14. The van der Waals surface area contributed by atoms with E-state index in [9.17, 15) is 14.0 Å². The molecule has 2 amide bonds. The number of nitrogens with zero attached hydrogens (tertiary/aromatic N) is 1. The Morgan fingerprint density at radius 2 is 1.90 bits per heavy atom. The molecule has 0 radical (unpaired) electrons. The molecule has 1 aliphatic heterocycles. The lowest BCUT2D eigenvalue weighted by Crippen LogP contribution is -2.47. The fraction of sp³-hybridized carbons (Fsp3) is 0.217. The third-order valence-corrected chi connectivity index (χ3v) is 7.40. The molecule has 0 saturated heterocycles. The molecule has 2 heterocycles. The molecule has 30 heavy (non-hydrogen) atoms. The molecule has 154 valence electrons. The highest BCUT2D eigenvalue weighted by atomic mass is 32.2. The number of thioether (sulfide) groups is 1. The summed E-state index contributed by atoms with van der Waals surface area (Å²) >= 11 is 3.02. The van der Waals surface area contributed by atoms with Gasteiger partial charge in [-0.1, -0.05) is 37.3 Å². The maximum Gasteiger partial charge on any atom is 0.241 e. The Hall–Kier alpha value is -2.64. The zero-order valence-corrected chi connectivity index (χ0v) is 18.0. The second kappa shape index (κ2) is 9.02. The molecule has 1 aromatic heterocycles. The number of fused-ring (bicyclic) bond motifs is 1. The van der Waals surface area contributed by atoms with E-state index in [-0.39, 0.29) is 17.6 Å². The lowest BCUT2D eigenvalue weighted by Gasteiger charge is -2.35. The molecule has 1 N–H and O–H groups in total. The SMILES string of the molecule is C[C@H](C(=O)NCc1cccs1)[C@H]1Sc2ccccc2N(Cc2ccc(F)cc2)C1=O. The molecule has 4 rings (SSSR count). The molecule has 0 aliphatic carbocycles. The topological polar surface area (TPSA) is 49.4 Å². The number of carbonyl (C=O) groups excluding carboxylic acids is 2. The van der Waals surface area contributed by atoms with Crippen molar-refractivity contribution in [2.75, 3.05) is 4.90 Å². The first-order chi connectivity index (χ1) is 14.5. The maximum absolute atomic E-state index is 13.4. The van der Waals surface area contributed by atoms with Gasteiger partial charge in [-0.3, -0.25) is 9.59 Å². The van der Waals surface area contributed by atoms with E-state index in [1.165, 1.54) is 23.9 Å². The smallest absolute Gasteiger partial charge is 0.241 e. The second-order valence-corrected chi connectivity index (χ2v) is 9.36. The van der Waals surface area contributed by atoms with Crippen molar-refractivity contribution in [2.24, 2.45) is 5.92 Å². The van der Waals surface area contributed by atoms with E-state index in [0.717, 1.165) is 21.0 Å². The van der Waals surface area contributed by atoms with Gasteiger partial charge in [-0.15, -0.1) is 23.1 Å². The zero-order chi connectivity index (χ0) is 21.1. The summed E-state index contributed by atoms with van der Waals surface area (Å²) in [5.74, 6) is -1.06. The van der Waals surface area contributed by atoms with E-state index in [2.05, 4.69) is 5.32 Å². The van der Waals surface area contributed by atoms with E-state index in [4.69, 9.17) is 0 Å². The molecule has 7 heteroatoms. The van der Waals surface area contributed by atoms with Crippen LogP contribution in [0.2, 0.25) is 0 Å². The quantitative estimate of drug-likeness (QED) is 0.596. The van der Waals surface area contributed by atoms with E-state index in [1.807, 2.05) is 41.8 Å². The third-order valence-electron chi connectivity index (χ3n) is 5.06. The van der Waals surface area contributed by atoms with Gasteiger partial charge in [0.15, 0.2) is 0 Å². The van der Waals surface area contributed by atoms with Gasteiger partial charge >= 0.3 is 0 Å². The van der Waals surface area contributed by atoms with Crippen molar-refractivity contribution < 1.29 is 14.0 Å². The monoisotopic (exact) mass is 440 g/mol. The van der Waals surface area contributed by atoms with Crippen LogP contribution in [-0.2, 0) is 22.7 Å². The van der Waals surface area contributed by atoms with Crippen molar-refractivity contribution >= 4 is 40.6 Å². The van der Waals surface area contributed by atoms with Gasteiger partial charge in [0.2, 0.25) is 11.8 Å². The van der Waals surface area contributed by atoms with Crippen LogP contribution in [0.5, 0.6) is 0 Å². The van der Waals surface area contributed by atoms with E-state index >= 15 is 0 Å². The van der Waals surface area contributed by atoms with Gasteiger partial charge in [0, 0.05) is 9.77 Å². The van der Waals surface area contributed by atoms with Gasteiger partial charge in [0.05, 0.1) is 24.7 Å². The van der Waals surface area contributed by atoms with Gasteiger partial charge in [-0.05, 0) is 41.3 Å². The Kier molecular flexibility index (Phi) is 6.20. The number of anilines is 1. The summed E-state index contributed by atoms with van der Waals surface area (Å²) in [7, 11) is 0. The molecular weight excluding hydrogens is 419 g/mol. The maximum atomic E-state index is 13.4. The third kappa shape index (κ3) is 4.42. The number of rotatable bonds is 6. The van der Waals surface area contributed by atoms with Gasteiger partial charge < -0.3 is 10.2 Å². The van der Waals surface area contributed by atoms with Gasteiger partial charge in [0.1, 0.15) is 11.1 Å². The van der Waals surface area contributed by atoms with Crippen LogP contribution in [0.25, 0.3) is 0 Å². The summed E-state index contributed by atoms with van der Waals surface area (Å²) < 4.78 is 13.3. The Morgan fingerprint density at radius 1 is 1.13 bits per heavy atom. The average molecular weight is 441 g/mol. The molecule has 2 atom stereocenters. The van der Waals surface area contributed by atoms with E-state index < -0.39 is 11.2 Å². The Labute approximate surface area is 183 Å². The summed E-state index contributed by atoms with van der Waals surface area (Å²) in [5, 5.41) is 4.39. The number of halogens is 1. The van der Waals surface area contributed by atoms with Crippen LogP contribution in [0.1, 0.15) is 17.4 Å². The van der Waals surface area contributed by atoms with Crippen molar-refractivity contribution in [3.05, 3.63) is 82.3 Å². The summed E-state index contributed by atoms with van der Waals surface area (Å²) in [6.45, 7) is 2.59. The summed E-state index contributed by atoms with van der Waals surface area (Å²) in [6.07, 6.45) is 0. The van der Waals surface area contributed by atoms with Crippen LogP contribution in [-0.4, -0.2) is 17.1 Å². The first-order valence-corrected chi connectivity index (χ1v) is 11.4. The van der Waals surface area contributed by atoms with Gasteiger partial charge in [-0.25, -0.2) is 4.39 Å². The molecular formula is C23H21FN2O2S2. The standard InChI is InChI=1S/C23H21FN2O2S2/c1-15(22(27)25-13-18-5-4-12-29-18)21-23(28)26(14-16-8-10-17(24)11-9-16)19-6-2-3-7-20(19)30-21/h2-12,15,21H,13-14H2,1H3,(H,25,27)/t15-,21+/m0/s1. The molecule has 0 fully saturated rings. The van der Waals surface area contributed by atoms with Crippen molar-refractivity contribution in [3.8, 4) is 0 Å². The minimum atomic E-state index is -0.524. The van der Waals surface area contributed by atoms with Crippen molar-refractivity contribution in [1.82, 2.24) is 5.32 Å². The fourth-order valence-electron chi connectivity index (χ4n) is 3.38. The largest absolute Gasteiger partial charge is 0.351 e. The molecule has 0 bridgehead atoms. The Bertz CT molecular complexity index is 1040. The van der Waals surface area contributed by atoms with Crippen LogP contribution in [0.4, 0.5) is 10.1 Å². The molecule has 4 nitrogen and oxygen atoms in total. The molecule has 0 saturated carbocycles. The molecule has 0 unspecified atom stereocenters. The van der Waals surface area contributed by atoms with Crippen molar-refractivity contribution in [2.45, 2.75) is 30.2 Å². The fourth-order valence-corrected chi connectivity index (χ4v) is 5.31. The highest BCUT2D eigenvalue weighted by Gasteiger charge is 2.39. The Morgan fingerprint density at radius 3 is 2.63 bits per heavy atom. The predicted molar refractivity (Wildman–Crippen MR) is 119 cm³/mol. The lowest BCUT2D eigenvalue weighted by atomic mass is 10.0. The predicted octanol–water partition coefficient (Wildman–Crippen LogP) is 4.85. The number of hydrogen-bond donors (Lipinski definition) is 1. The Balaban J connectivity index is 1.54. The van der Waals surface area contributed by atoms with Crippen LogP contribution in [0, 0.1) is 11.7 Å². The highest BCUT2D eigenvalue weighted by molar-refractivity contribution is 8.01.